The van der Waals surface area contributed by atoms with Gasteiger partial charge < -0.3 is 0 Å². The number of halogens is 2. The first-order valence-electron chi connectivity index (χ1n) is 8.09. The number of benzene rings is 2. The normalized spacial score (nSPS) is 15.2. The summed E-state index contributed by atoms with van der Waals surface area (Å²) in [5.74, 6) is 0. The van der Waals surface area contributed by atoms with E-state index in [-0.39, 0.29) is 24.8 Å². The largest absolute Gasteiger partial charge is 0.147 e. The summed E-state index contributed by atoms with van der Waals surface area (Å²) in [7, 11) is 0. The van der Waals surface area contributed by atoms with Gasteiger partial charge in [-0.25, -0.2) is 0 Å². The minimum Gasteiger partial charge on any atom is -0.147 e. The molecule has 2 aromatic rings. The van der Waals surface area contributed by atoms with Gasteiger partial charge >= 0.3 is 150 Å². The number of allylic oxidation sites excluding steroid dienone is 8. The van der Waals surface area contributed by atoms with Gasteiger partial charge in [0, 0.05) is 0 Å². The molecule has 0 amide bonds. The average molecular weight is 534 g/mol. The molecule has 0 aliphatic heterocycles. The van der Waals surface area contributed by atoms with Crippen molar-refractivity contribution in [3.63, 3.8) is 0 Å². The van der Waals surface area contributed by atoms with Gasteiger partial charge in [0.15, 0.2) is 0 Å². The predicted molar refractivity (Wildman–Crippen MR) is 109 cm³/mol. The van der Waals surface area contributed by atoms with Gasteiger partial charge in [-0.2, -0.15) is 0 Å². The molecule has 0 atom stereocenters. The molecule has 4 rings (SSSR count). The number of hydrogen-bond acceptors (Lipinski definition) is 0. The summed E-state index contributed by atoms with van der Waals surface area (Å²) in [5, 5.41) is 0. The van der Waals surface area contributed by atoms with Gasteiger partial charge in [-0.15, -0.1) is 24.8 Å². The third-order valence-corrected chi connectivity index (χ3v) is 9.90. The smallest absolute Gasteiger partial charge is 0.147 e. The summed E-state index contributed by atoms with van der Waals surface area (Å²) in [4.78, 5) is 0. The van der Waals surface area contributed by atoms with E-state index in [1.54, 1.807) is 6.66 Å². The van der Waals surface area contributed by atoms with Crippen LogP contribution in [0.4, 0.5) is 0 Å². The molecule has 3 heteroatoms. The first-order valence-corrected chi connectivity index (χ1v) is 11.7. The Hall–Kier alpha value is -1.15. The molecule has 2 aliphatic rings. The maximum absolute atomic E-state index is 2.34. The van der Waals surface area contributed by atoms with Crippen LogP contribution in [0, 0.1) is 0 Å². The molecule has 0 N–H and O–H groups in total. The second-order valence-corrected chi connectivity index (χ2v) is 11.1. The third kappa shape index (κ3) is 4.53. The van der Waals surface area contributed by atoms with Crippen molar-refractivity contribution in [2.75, 3.05) is 0 Å². The number of rotatable bonds is 4. The van der Waals surface area contributed by atoms with Crippen LogP contribution >= 0.6 is 24.8 Å². The quantitative estimate of drug-likeness (QED) is 0.386. The van der Waals surface area contributed by atoms with Gasteiger partial charge in [-0.3, -0.25) is 0 Å². The maximum atomic E-state index is 2.34. The zero-order valence-corrected chi connectivity index (χ0v) is 19.0. The fourth-order valence-corrected chi connectivity index (χ4v) is 8.70. The Morgan fingerprint density at radius 1 is 0.560 bits per heavy atom. The fourth-order valence-electron chi connectivity index (χ4n) is 3.21. The zero-order valence-electron chi connectivity index (χ0n) is 13.8. The topological polar surface area (TPSA) is 0 Å². The molecule has 126 valence electrons. The van der Waals surface area contributed by atoms with E-state index in [2.05, 4.69) is 85.0 Å². The van der Waals surface area contributed by atoms with Crippen LogP contribution in [0.15, 0.2) is 91.6 Å². The maximum Gasteiger partial charge on any atom is -0.147 e. The molecule has 0 spiro atoms. The summed E-state index contributed by atoms with van der Waals surface area (Å²) < 4.78 is 3.48. The van der Waals surface area contributed by atoms with Crippen LogP contribution < -0.4 is 0 Å². The van der Waals surface area contributed by atoms with Crippen LogP contribution in [-0.4, -0.2) is 0 Å². The molecule has 0 fully saturated rings. The predicted octanol–water partition coefficient (Wildman–Crippen LogP) is 6.65. The Kier molecular flexibility index (Phi) is 7.68. The molecule has 0 radical (unpaired) electrons. The summed E-state index contributed by atoms with van der Waals surface area (Å²) in [6.07, 6.45) is 11.7. The van der Waals surface area contributed by atoms with Crippen molar-refractivity contribution in [1.82, 2.24) is 0 Å². The van der Waals surface area contributed by atoms with Crippen molar-refractivity contribution in [1.29, 1.82) is 0 Å². The van der Waals surface area contributed by atoms with E-state index in [0.29, 0.717) is 0 Å². The minimum atomic E-state index is -0.969. The van der Waals surface area contributed by atoms with E-state index in [9.17, 15) is 0 Å². The molecule has 0 bridgehead atoms. The van der Waals surface area contributed by atoms with Crippen molar-refractivity contribution >= 4 is 36.0 Å². The molecule has 0 unspecified atom stereocenters. The molecular weight excluding hydrogens is 514 g/mol. The summed E-state index contributed by atoms with van der Waals surface area (Å²) in [5.41, 5.74) is 5.77. The first-order chi connectivity index (χ1) is 11.4. The van der Waals surface area contributed by atoms with Crippen molar-refractivity contribution in [3.05, 3.63) is 103 Å². The van der Waals surface area contributed by atoms with Gasteiger partial charge in [-0.1, -0.05) is 0 Å². The minimum absolute atomic E-state index is 0. The third-order valence-electron chi connectivity index (χ3n) is 4.33. The molecule has 2 aliphatic carbocycles. The standard InChI is InChI=1S/2C11H9.2ClH.Hf/c2*1-2-6-10(7-3-1)11-8-4-5-9-11;;;/h2*1-4,6-8H,5H2;2*1H;. The van der Waals surface area contributed by atoms with Crippen LogP contribution in [0.25, 0.3) is 11.1 Å². The van der Waals surface area contributed by atoms with Crippen molar-refractivity contribution < 1.29 is 22.9 Å². The van der Waals surface area contributed by atoms with Crippen LogP contribution in [-0.2, 0) is 22.9 Å². The van der Waals surface area contributed by atoms with Gasteiger partial charge in [-0.05, 0) is 0 Å². The second-order valence-electron chi connectivity index (χ2n) is 5.85. The van der Waals surface area contributed by atoms with E-state index < -0.39 is 22.9 Å². The van der Waals surface area contributed by atoms with E-state index in [4.69, 9.17) is 0 Å². The Morgan fingerprint density at radius 3 is 1.36 bits per heavy atom. The Bertz CT molecular complexity index is 759. The van der Waals surface area contributed by atoms with Crippen LogP contribution in [0.5, 0.6) is 0 Å². The van der Waals surface area contributed by atoms with Crippen LogP contribution in [0.1, 0.15) is 24.0 Å². The van der Waals surface area contributed by atoms with Crippen molar-refractivity contribution in [2.24, 2.45) is 0 Å². The molecular formula is C22H20Cl2Hf. The monoisotopic (exact) mass is 534 g/mol. The van der Waals surface area contributed by atoms with E-state index in [0.717, 1.165) is 0 Å². The SMILES string of the molecule is C1=CC(c2ccccc2)=[C]([Hf][C]2=C(c3ccccc3)C=CC2)C1.Cl.Cl. The average Bonchev–Trinajstić information content (AvgIpc) is 3.26. The van der Waals surface area contributed by atoms with E-state index >= 15 is 0 Å². The van der Waals surface area contributed by atoms with Crippen LogP contribution in [0.2, 0.25) is 0 Å². The second kappa shape index (κ2) is 9.52. The summed E-state index contributed by atoms with van der Waals surface area (Å²) >= 11 is -0.969. The molecule has 2 aromatic carbocycles. The Labute approximate surface area is 173 Å². The van der Waals surface area contributed by atoms with Gasteiger partial charge in [0.1, 0.15) is 0 Å². The van der Waals surface area contributed by atoms with Gasteiger partial charge in [0.05, 0.1) is 0 Å². The van der Waals surface area contributed by atoms with E-state index in [1.807, 2.05) is 0 Å². The molecule has 0 saturated carbocycles. The van der Waals surface area contributed by atoms with Crippen molar-refractivity contribution in [2.45, 2.75) is 12.8 Å². The van der Waals surface area contributed by atoms with Gasteiger partial charge in [0.25, 0.3) is 0 Å². The summed E-state index contributed by atoms with van der Waals surface area (Å²) in [6.45, 7) is 0. The fraction of sp³-hybridized carbons (Fsp3) is 0.0909. The van der Waals surface area contributed by atoms with Crippen molar-refractivity contribution in [3.8, 4) is 0 Å². The molecule has 0 nitrogen and oxygen atoms in total. The van der Waals surface area contributed by atoms with Crippen LogP contribution in [0.3, 0.4) is 0 Å². The molecule has 25 heavy (non-hydrogen) atoms. The molecule has 0 heterocycles. The zero-order chi connectivity index (χ0) is 15.5. The van der Waals surface area contributed by atoms with E-state index in [1.165, 1.54) is 35.1 Å². The summed E-state index contributed by atoms with van der Waals surface area (Å²) in [6, 6.07) is 21.8. The first kappa shape index (κ1) is 20.2. The Morgan fingerprint density at radius 2 is 0.960 bits per heavy atom. The van der Waals surface area contributed by atoms with Gasteiger partial charge in [0.2, 0.25) is 0 Å². The molecule has 0 aromatic heterocycles. The molecule has 0 saturated heterocycles. The Balaban J connectivity index is 0.00000113. The number of hydrogen-bond donors (Lipinski definition) is 0.